The molecule has 1 heterocycles. The first-order chi connectivity index (χ1) is 8.56. The highest BCUT2D eigenvalue weighted by Crippen LogP contribution is 2.43. The lowest BCUT2D eigenvalue weighted by atomic mass is 9.67. The summed E-state index contributed by atoms with van der Waals surface area (Å²) in [6, 6.07) is 1.44. The number of anilines is 2. The lowest BCUT2D eigenvalue weighted by molar-refractivity contribution is 0.0697. The molecule has 0 bridgehead atoms. The molecule has 0 saturated heterocycles. The lowest BCUT2D eigenvalue weighted by Gasteiger charge is -2.41. The van der Waals surface area contributed by atoms with Gasteiger partial charge in [0.15, 0.2) is 0 Å². The quantitative estimate of drug-likeness (QED) is 0.745. The molecule has 1 aromatic heterocycles. The monoisotopic (exact) mass is 249 g/mol. The summed E-state index contributed by atoms with van der Waals surface area (Å²) in [5.41, 5.74) is 6.38. The highest BCUT2D eigenvalue weighted by atomic mass is 16.4. The number of nitrogens with one attached hydrogen (secondary N) is 1. The summed E-state index contributed by atoms with van der Waals surface area (Å²) < 4.78 is 0. The van der Waals surface area contributed by atoms with Crippen molar-refractivity contribution in [1.82, 2.24) is 4.98 Å². The van der Waals surface area contributed by atoms with Gasteiger partial charge in [-0.1, -0.05) is 13.3 Å². The van der Waals surface area contributed by atoms with E-state index in [1.807, 2.05) is 0 Å². The second kappa shape index (κ2) is 4.84. The second-order valence-electron chi connectivity index (χ2n) is 5.03. The van der Waals surface area contributed by atoms with E-state index in [4.69, 9.17) is 10.8 Å². The summed E-state index contributed by atoms with van der Waals surface area (Å²) in [7, 11) is 0. The smallest absolute Gasteiger partial charge is 0.339 e. The molecule has 1 aromatic rings. The number of hydrogen-bond acceptors (Lipinski definition) is 4. The summed E-state index contributed by atoms with van der Waals surface area (Å²) in [5, 5.41) is 12.3. The van der Waals surface area contributed by atoms with Gasteiger partial charge in [0.1, 0.15) is 11.4 Å². The number of hydrogen-bond donors (Lipinski definition) is 3. The Morgan fingerprint density at radius 1 is 1.61 bits per heavy atom. The van der Waals surface area contributed by atoms with Crippen molar-refractivity contribution in [1.29, 1.82) is 0 Å². The Bertz CT molecular complexity index is 450. The molecule has 1 fully saturated rings. The van der Waals surface area contributed by atoms with E-state index in [1.54, 1.807) is 0 Å². The lowest BCUT2D eigenvalue weighted by Crippen LogP contribution is -2.36. The predicted octanol–water partition coefficient (Wildman–Crippen LogP) is 2.35. The third-order valence-electron chi connectivity index (χ3n) is 3.93. The molecule has 0 amide bonds. The van der Waals surface area contributed by atoms with Gasteiger partial charge < -0.3 is 16.2 Å². The van der Waals surface area contributed by atoms with E-state index in [2.05, 4.69) is 17.2 Å². The average Bonchev–Trinajstić information content (AvgIpc) is 2.29. The summed E-state index contributed by atoms with van der Waals surface area (Å²) in [6.45, 7) is 2.95. The summed E-state index contributed by atoms with van der Waals surface area (Å²) >= 11 is 0. The van der Waals surface area contributed by atoms with Gasteiger partial charge in [-0.3, -0.25) is 0 Å². The molecule has 1 aliphatic carbocycles. The minimum absolute atomic E-state index is 0.139. The van der Waals surface area contributed by atoms with Gasteiger partial charge in [-0.05, 0) is 30.7 Å². The summed E-state index contributed by atoms with van der Waals surface area (Å²) in [5.74, 6) is -0.590. The first kappa shape index (κ1) is 12.7. The van der Waals surface area contributed by atoms with Crippen LogP contribution in [0.2, 0.25) is 0 Å². The topological polar surface area (TPSA) is 88.2 Å². The molecule has 0 atom stereocenters. The van der Waals surface area contributed by atoms with Gasteiger partial charge in [-0.2, -0.15) is 0 Å². The van der Waals surface area contributed by atoms with Crippen molar-refractivity contribution >= 4 is 17.5 Å². The third kappa shape index (κ3) is 2.39. The first-order valence-electron chi connectivity index (χ1n) is 6.29. The highest BCUT2D eigenvalue weighted by Gasteiger charge is 2.35. The Morgan fingerprint density at radius 3 is 2.83 bits per heavy atom. The molecule has 2 rings (SSSR count). The molecule has 5 nitrogen and oxygen atoms in total. The van der Waals surface area contributed by atoms with E-state index in [0.717, 1.165) is 13.0 Å². The number of nitrogens with two attached hydrogens (primary N) is 1. The summed E-state index contributed by atoms with van der Waals surface area (Å²) in [6.07, 6.45) is 6.25. The number of pyridine rings is 1. The fraction of sp³-hybridized carbons (Fsp3) is 0.538. The van der Waals surface area contributed by atoms with Crippen LogP contribution in [-0.2, 0) is 0 Å². The Kier molecular flexibility index (Phi) is 3.41. The van der Waals surface area contributed by atoms with Crippen LogP contribution in [0.4, 0.5) is 11.5 Å². The molecule has 0 spiro atoms. The molecule has 1 saturated carbocycles. The molecule has 0 radical (unpaired) electrons. The number of nitrogens with zero attached hydrogens (tertiary/aromatic N) is 1. The maximum Gasteiger partial charge on any atom is 0.339 e. The number of nitrogen functional groups attached to an aromatic ring is 1. The molecule has 18 heavy (non-hydrogen) atoms. The van der Waals surface area contributed by atoms with Crippen LogP contribution < -0.4 is 11.1 Å². The molecule has 0 aromatic carbocycles. The van der Waals surface area contributed by atoms with E-state index in [0.29, 0.717) is 16.9 Å². The van der Waals surface area contributed by atoms with Gasteiger partial charge in [0.05, 0.1) is 11.9 Å². The van der Waals surface area contributed by atoms with Gasteiger partial charge >= 0.3 is 5.97 Å². The van der Waals surface area contributed by atoms with E-state index in [9.17, 15) is 4.79 Å². The van der Waals surface area contributed by atoms with Crippen LogP contribution in [0.5, 0.6) is 0 Å². The zero-order valence-corrected chi connectivity index (χ0v) is 10.6. The molecule has 5 heteroatoms. The zero-order chi connectivity index (χ0) is 13.2. The number of aromatic carboxylic acids is 1. The van der Waals surface area contributed by atoms with E-state index >= 15 is 0 Å². The minimum atomic E-state index is -1.00. The maximum absolute atomic E-state index is 11.1. The van der Waals surface area contributed by atoms with Crippen LogP contribution in [0.15, 0.2) is 12.3 Å². The maximum atomic E-state index is 11.1. The van der Waals surface area contributed by atoms with Crippen LogP contribution in [-0.4, -0.2) is 22.6 Å². The highest BCUT2D eigenvalue weighted by molar-refractivity contribution is 5.94. The SMILES string of the molecule is CCC1(CNc2ncc(N)cc2C(=O)O)CCC1. The van der Waals surface area contributed by atoms with Gasteiger partial charge in [0, 0.05) is 6.54 Å². The average molecular weight is 249 g/mol. The van der Waals surface area contributed by atoms with Gasteiger partial charge in [-0.15, -0.1) is 0 Å². The minimum Gasteiger partial charge on any atom is -0.478 e. The first-order valence-corrected chi connectivity index (χ1v) is 6.29. The summed E-state index contributed by atoms with van der Waals surface area (Å²) in [4.78, 5) is 15.2. The van der Waals surface area contributed by atoms with Crippen molar-refractivity contribution in [2.75, 3.05) is 17.6 Å². The predicted molar refractivity (Wildman–Crippen MR) is 70.7 cm³/mol. The van der Waals surface area contributed by atoms with E-state index < -0.39 is 5.97 Å². The van der Waals surface area contributed by atoms with E-state index in [-0.39, 0.29) is 5.56 Å². The van der Waals surface area contributed by atoms with Gasteiger partial charge in [0.2, 0.25) is 0 Å². The second-order valence-corrected chi connectivity index (χ2v) is 5.03. The van der Waals surface area contributed by atoms with Crippen molar-refractivity contribution in [3.05, 3.63) is 17.8 Å². The Balaban J connectivity index is 2.11. The number of rotatable bonds is 5. The molecule has 98 valence electrons. The zero-order valence-electron chi connectivity index (χ0n) is 10.6. The molecule has 0 unspecified atom stereocenters. The Hall–Kier alpha value is -1.78. The van der Waals surface area contributed by atoms with Crippen molar-refractivity contribution in [3.63, 3.8) is 0 Å². The molecular formula is C13H19N3O2. The largest absolute Gasteiger partial charge is 0.478 e. The Morgan fingerprint density at radius 2 is 2.33 bits per heavy atom. The van der Waals surface area contributed by atoms with Gasteiger partial charge in [-0.25, -0.2) is 9.78 Å². The van der Waals surface area contributed by atoms with Crippen LogP contribution >= 0.6 is 0 Å². The molecule has 1 aliphatic rings. The fourth-order valence-electron chi connectivity index (χ4n) is 2.39. The third-order valence-corrected chi connectivity index (χ3v) is 3.93. The van der Waals surface area contributed by atoms with Crippen molar-refractivity contribution < 1.29 is 9.90 Å². The number of carboxylic acid groups (broad SMARTS) is 1. The molecule has 0 aliphatic heterocycles. The number of carbonyl (C=O) groups is 1. The van der Waals surface area contributed by atoms with Crippen molar-refractivity contribution in [2.45, 2.75) is 32.6 Å². The van der Waals surface area contributed by atoms with Gasteiger partial charge in [0.25, 0.3) is 0 Å². The number of carboxylic acids is 1. The Labute approximate surface area is 106 Å². The standard InChI is InChI=1S/C13H19N3O2/c1-2-13(4-3-5-13)8-16-11-10(12(17)18)6-9(14)7-15-11/h6-7H,2-5,8,14H2,1H3,(H,15,16)(H,17,18). The molecule has 4 N–H and O–H groups in total. The van der Waals surface area contributed by atoms with Crippen LogP contribution in [0.25, 0.3) is 0 Å². The number of aromatic nitrogens is 1. The molecular weight excluding hydrogens is 230 g/mol. The van der Waals surface area contributed by atoms with Crippen LogP contribution in [0.3, 0.4) is 0 Å². The van der Waals surface area contributed by atoms with Crippen LogP contribution in [0, 0.1) is 5.41 Å². The van der Waals surface area contributed by atoms with Crippen molar-refractivity contribution in [2.24, 2.45) is 5.41 Å². The van der Waals surface area contributed by atoms with Crippen molar-refractivity contribution in [3.8, 4) is 0 Å². The normalized spacial score (nSPS) is 16.9. The van der Waals surface area contributed by atoms with E-state index in [1.165, 1.54) is 31.5 Å². The van der Waals surface area contributed by atoms with Crippen LogP contribution in [0.1, 0.15) is 43.0 Å². The fourth-order valence-corrected chi connectivity index (χ4v) is 2.39.